The highest BCUT2D eigenvalue weighted by atomic mass is 79.9. The highest BCUT2D eigenvalue weighted by Crippen LogP contribution is 2.22. The highest BCUT2D eigenvalue weighted by molar-refractivity contribution is 9.10. The molecule has 1 aromatic rings. The van der Waals surface area contributed by atoms with Crippen molar-refractivity contribution in [2.24, 2.45) is 0 Å². The Morgan fingerprint density at radius 1 is 1.00 bits per heavy atom. The van der Waals surface area contributed by atoms with Gasteiger partial charge in [-0.25, -0.2) is 8.42 Å². The molecule has 2 atom stereocenters. The minimum atomic E-state index is -3.82. The monoisotopic (exact) mass is 526 g/mol. The van der Waals surface area contributed by atoms with Crippen LogP contribution >= 0.6 is 15.9 Å². The second kappa shape index (κ2) is 10.2. The minimum Gasteiger partial charge on any atom is -0.337 e. The SMILES string of the molecule is O=C1C(NS(=O)(=O)c2ccc(Br)cc2)CCCN1CC(=O)N1CCCC1CN1CCCC1. The third kappa shape index (κ3) is 5.52. The molecule has 1 N–H and O–H groups in total. The van der Waals surface area contributed by atoms with Crippen molar-refractivity contribution >= 4 is 37.8 Å². The number of rotatable bonds is 7. The van der Waals surface area contributed by atoms with Crippen LogP contribution in [0.25, 0.3) is 0 Å². The third-order valence-corrected chi connectivity index (χ3v) is 8.66. The maximum Gasteiger partial charge on any atom is 0.242 e. The smallest absolute Gasteiger partial charge is 0.242 e. The van der Waals surface area contributed by atoms with Crippen molar-refractivity contribution in [3.05, 3.63) is 28.7 Å². The van der Waals surface area contributed by atoms with Crippen LogP contribution in [0.4, 0.5) is 0 Å². The van der Waals surface area contributed by atoms with E-state index in [-0.39, 0.29) is 29.3 Å². The molecule has 0 spiro atoms. The van der Waals surface area contributed by atoms with Gasteiger partial charge >= 0.3 is 0 Å². The maximum absolute atomic E-state index is 13.1. The Balaban J connectivity index is 1.36. The molecule has 32 heavy (non-hydrogen) atoms. The van der Waals surface area contributed by atoms with E-state index in [0.29, 0.717) is 19.4 Å². The lowest BCUT2D eigenvalue weighted by molar-refractivity contribution is -0.143. The standard InChI is InChI=1S/C22H31BrN4O4S/c23-17-7-9-19(10-8-17)32(30,31)24-20-6-4-13-26(22(20)29)16-21(28)27-14-3-5-18(27)15-25-11-1-2-12-25/h7-10,18,20,24H,1-6,11-16H2. The number of halogens is 1. The summed E-state index contributed by atoms with van der Waals surface area (Å²) in [6.45, 7) is 4.35. The summed E-state index contributed by atoms with van der Waals surface area (Å²) < 4.78 is 28.8. The van der Waals surface area contributed by atoms with E-state index in [2.05, 4.69) is 25.6 Å². The Morgan fingerprint density at radius 3 is 2.41 bits per heavy atom. The Morgan fingerprint density at radius 2 is 1.69 bits per heavy atom. The Labute approximate surface area is 198 Å². The number of hydrogen-bond acceptors (Lipinski definition) is 5. The Hall–Kier alpha value is -1.49. The van der Waals surface area contributed by atoms with Gasteiger partial charge in [-0.15, -0.1) is 0 Å². The molecule has 0 bridgehead atoms. The van der Waals surface area contributed by atoms with Crippen molar-refractivity contribution in [1.82, 2.24) is 19.4 Å². The summed E-state index contributed by atoms with van der Waals surface area (Å²) >= 11 is 3.29. The van der Waals surface area contributed by atoms with Crippen molar-refractivity contribution in [2.45, 2.75) is 55.5 Å². The highest BCUT2D eigenvalue weighted by Gasteiger charge is 2.36. The molecule has 10 heteroatoms. The van der Waals surface area contributed by atoms with Crippen LogP contribution < -0.4 is 4.72 Å². The number of sulfonamides is 1. The average Bonchev–Trinajstić information content (AvgIpc) is 3.44. The van der Waals surface area contributed by atoms with Crippen LogP contribution in [0.5, 0.6) is 0 Å². The number of amides is 2. The first-order chi connectivity index (χ1) is 15.3. The van der Waals surface area contributed by atoms with Gasteiger partial charge in [-0.3, -0.25) is 9.59 Å². The van der Waals surface area contributed by atoms with E-state index in [4.69, 9.17) is 0 Å². The summed E-state index contributed by atoms with van der Waals surface area (Å²) in [7, 11) is -3.82. The summed E-state index contributed by atoms with van der Waals surface area (Å²) in [5.41, 5.74) is 0. The van der Waals surface area contributed by atoms with Crippen molar-refractivity contribution < 1.29 is 18.0 Å². The average molecular weight is 527 g/mol. The molecule has 1 aromatic carbocycles. The predicted molar refractivity (Wildman–Crippen MR) is 124 cm³/mol. The second-order valence-corrected chi connectivity index (χ2v) is 11.6. The molecule has 0 saturated carbocycles. The fourth-order valence-electron chi connectivity index (χ4n) is 4.95. The lowest BCUT2D eigenvalue weighted by Crippen LogP contribution is -2.55. The van der Waals surface area contributed by atoms with E-state index in [9.17, 15) is 18.0 Å². The first-order valence-electron chi connectivity index (χ1n) is 11.4. The van der Waals surface area contributed by atoms with Gasteiger partial charge in [0, 0.05) is 30.1 Å². The van der Waals surface area contributed by atoms with E-state index < -0.39 is 16.1 Å². The zero-order chi connectivity index (χ0) is 22.7. The van der Waals surface area contributed by atoms with Crippen molar-refractivity contribution in [3.8, 4) is 0 Å². The van der Waals surface area contributed by atoms with Crippen LogP contribution in [-0.2, 0) is 19.6 Å². The van der Waals surface area contributed by atoms with Crippen molar-refractivity contribution in [2.75, 3.05) is 39.3 Å². The molecule has 3 fully saturated rings. The molecule has 3 saturated heterocycles. The largest absolute Gasteiger partial charge is 0.337 e. The number of nitrogens with one attached hydrogen (secondary N) is 1. The van der Waals surface area contributed by atoms with E-state index in [0.717, 1.165) is 43.5 Å². The minimum absolute atomic E-state index is 0.0197. The Bertz CT molecular complexity index is 934. The lowest BCUT2D eigenvalue weighted by Gasteiger charge is -2.34. The van der Waals surface area contributed by atoms with Gasteiger partial charge in [0.25, 0.3) is 0 Å². The first kappa shape index (κ1) is 23.7. The molecule has 3 aliphatic heterocycles. The quantitative estimate of drug-likeness (QED) is 0.585. The van der Waals surface area contributed by atoms with Crippen LogP contribution in [0.1, 0.15) is 38.5 Å². The fourth-order valence-corrected chi connectivity index (χ4v) is 6.43. The van der Waals surface area contributed by atoms with Crippen molar-refractivity contribution in [3.63, 3.8) is 0 Å². The molecule has 2 amide bonds. The van der Waals surface area contributed by atoms with Crippen LogP contribution in [0.3, 0.4) is 0 Å². The molecule has 8 nitrogen and oxygen atoms in total. The number of carbonyl (C=O) groups excluding carboxylic acids is 2. The van der Waals surface area contributed by atoms with E-state index >= 15 is 0 Å². The van der Waals surface area contributed by atoms with Crippen molar-refractivity contribution in [1.29, 1.82) is 0 Å². The van der Waals surface area contributed by atoms with E-state index in [1.807, 2.05) is 4.90 Å². The van der Waals surface area contributed by atoms with E-state index in [1.54, 1.807) is 12.1 Å². The van der Waals surface area contributed by atoms with Gasteiger partial charge < -0.3 is 14.7 Å². The number of likely N-dealkylation sites (tertiary alicyclic amines) is 3. The van der Waals surface area contributed by atoms with Crippen LogP contribution in [0, 0.1) is 0 Å². The molecule has 3 aliphatic rings. The summed E-state index contributed by atoms with van der Waals surface area (Å²) in [4.78, 5) is 32.1. The molecular formula is C22H31BrN4O4S. The fraction of sp³-hybridized carbons (Fsp3) is 0.636. The third-order valence-electron chi connectivity index (χ3n) is 6.64. The molecule has 176 valence electrons. The normalized spacial score (nSPS) is 25.0. The number of carbonyl (C=O) groups is 2. The number of piperidine rings is 1. The molecule has 2 unspecified atom stereocenters. The van der Waals surface area contributed by atoms with Gasteiger partial charge in [-0.05, 0) is 75.9 Å². The van der Waals surface area contributed by atoms with Crippen LogP contribution in [-0.4, -0.2) is 86.3 Å². The topological polar surface area (TPSA) is 90.0 Å². The van der Waals surface area contributed by atoms with Gasteiger partial charge in [0.15, 0.2) is 0 Å². The number of nitrogens with zero attached hydrogens (tertiary/aromatic N) is 3. The molecule has 4 rings (SSSR count). The molecule has 0 aromatic heterocycles. The maximum atomic E-state index is 13.1. The summed E-state index contributed by atoms with van der Waals surface area (Å²) in [5.74, 6) is -0.350. The van der Waals surface area contributed by atoms with Gasteiger partial charge in [0.1, 0.15) is 6.04 Å². The molecular weight excluding hydrogens is 496 g/mol. The van der Waals surface area contributed by atoms with Gasteiger partial charge in [0.2, 0.25) is 21.8 Å². The predicted octanol–water partition coefficient (Wildman–Crippen LogP) is 1.81. The van der Waals surface area contributed by atoms with Crippen LogP contribution in [0.2, 0.25) is 0 Å². The van der Waals surface area contributed by atoms with Gasteiger partial charge in [0.05, 0.1) is 11.4 Å². The molecule has 3 heterocycles. The lowest BCUT2D eigenvalue weighted by atomic mass is 10.1. The molecule has 0 aliphatic carbocycles. The van der Waals surface area contributed by atoms with E-state index in [1.165, 1.54) is 29.9 Å². The second-order valence-electron chi connectivity index (χ2n) is 8.92. The summed E-state index contributed by atoms with van der Waals surface area (Å²) in [5, 5.41) is 0. The van der Waals surface area contributed by atoms with Gasteiger partial charge in [-0.2, -0.15) is 4.72 Å². The number of benzene rings is 1. The summed E-state index contributed by atoms with van der Waals surface area (Å²) in [6, 6.07) is 5.66. The number of hydrogen-bond donors (Lipinski definition) is 1. The molecule has 0 radical (unpaired) electrons. The first-order valence-corrected chi connectivity index (χ1v) is 13.7. The van der Waals surface area contributed by atoms with Crippen LogP contribution in [0.15, 0.2) is 33.6 Å². The zero-order valence-electron chi connectivity index (χ0n) is 18.2. The summed E-state index contributed by atoms with van der Waals surface area (Å²) in [6.07, 6.45) is 5.53. The van der Waals surface area contributed by atoms with Gasteiger partial charge in [-0.1, -0.05) is 15.9 Å². The zero-order valence-corrected chi connectivity index (χ0v) is 20.6. The Kier molecular flexibility index (Phi) is 7.54.